The largest absolute Gasteiger partial charge is 0.466 e. The molecule has 0 aromatic rings. The maximum absolute atomic E-state index is 11.6. The van der Waals surface area contributed by atoms with Crippen molar-refractivity contribution in [2.75, 3.05) is 13.2 Å². The predicted octanol–water partition coefficient (Wildman–Crippen LogP) is 8.47. The van der Waals surface area contributed by atoms with Crippen LogP contribution in [-0.4, -0.2) is 25.2 Å². The lowest BCUT2D eigenvalue weighted by Crippen LogP contribution is -2.05. The van der Waals surface area contributed by atoms with Crippen molar-refractivity contribution in [2.45, 2.75) is 142 Å². The summed E-state index contributed by atoms with van der Waals surface area (Å²) in [7, 11) is 0. The minimum Gasteiger partial charge on any atom is -0.466 e. The maximum atomic E-state index is 11.6. The summed E-state index contributed by atoms with van der Waals surface area (Å²) in [6, 6.07) is 0. The molecule has 0 aliphatic carbocycles. The van der Waals surface area contributed by atoms with E-state index in [0.29, 0.717) is 26.1 Å². The number of esters is 2. The van der Waals surface area contributed by atoms with Gasteiger partial charge in [-0.2, -0.15) is 0 Å². The predicted molar refractivity (Wildman–Crippen MR) is 135 cm³/mol. The first-order chi connectivity index (χ1) is 15.7. The molecule has 0 saturated carbocycles. The van der Waals surface area contributed by atoms with E-state index in [2.05, 4.69) is 26.0 Å². The van der Waals surface area contributed by atoms with Gasteiger partial charge in [0.1, 0.15) is 0 Å². The van der Waals surface area contributed by atoms with Crippen molar-refractivity contribution in [3.8, 4) is 0 Å². The van der Waals surface area contributed by atoms with Crippen LogP contribution in [0.2, 0.25) is 0 Å². The fraction of sp³-hybridized carbons (Fsp3) is 0.857. The Bertz CT molecular complexity index is 445. The lowest BCUT2D eigenvalue weighted by Gasteiger charge is -2.05. The molecule has 4 heteroatoms. The van der Waals surface area contributed by atoms with Gasteiger partial charge in [0.2, 0.25) is 0 Å². The summed E-state index contributed by atoms with van der Waals surface area (Å²) in [5, 5.41) is 0. The minimum absolute atomic E-state index is 0.0196. The van der Waals surface area contributed by atoms with Crippen molar-refractivity contribution in [3.05, 3.63) is 12.2 Å². The number of rotatable bonds is 24. The first-order valence-corrected chi connectivity index (χ1v) is 13.7. The van der Waals surface area contributed by atoms with E-state index in [0.717, 1.165) is 51.4 Å². The summed E-state index contributed by atoms with van der Waals surface area (Å²) in [5.74, 6) is -0.0840. The highest BCUT2D eigenvalue weighted by Gasteiger charge is 2.02. The molecule has 0 aromatic heterocycles. The number of hydrogen-bond acceptors (Lipinski definition) is 4. The fourth-order valence-electron chi connectivity index (χ4n) is 3.60. The van der Waals surface area contributed by atoms with Crippen LogP contribution in [0.1, 0.15) is 142 Å². The molecule has 188 valence electrons. The van der Waals surface area contributed by atoms with E-state index in [1.54, 1.807) is 0 Å². The highest BCUT2D eigenvalue weighted by atomic mass is 16.5. The second-order valence-corrected chi connectivity index (χ2v) is 8.94. The van der Waals surface area contributed by atoms with E-state index in [1.165, 1.54) is 64.2 Å². The van der Waals surface area contributed by atoms with Crippen molar-refractivity contribution in [1.82, 2.24) is 0 Å². The van der Waals surface area contributed by atoms with Crippen molar-refractivity contribution >= 4 is 11.9 Å². The van der Waals surface area contributed by atoms with Crippen molar-refractivity contribution in [2.24, 2.45) is 0 Å². The van der Waals surface area contributed by atoms with Crippen LogP contribution in [0.4, 0.5) is 0 Å². The number of carbonyl (C=O) groups is 2. The first-order valence-electron chi connectivity index (χ1n) is 13.7. The number of allylic oxidation sites excluding steroid dienone is 2. The van der Waals surface area contributed by atoms with Gasteiger partial charge >= 0.3 is 11.9 Å². The topological polar surface area (TPSA) is 52.6 Å². The molecule has 0 rings (SSSR count). The number of carbonyl (C=O) groups excluding carboxylic acids is 2. The molecule has 32 heavy (non-hydrogen) atoms. The second kappa shape index (κ2) is 25.9. The third kappa shape index (κ3) is 24.9. The van der Waals surface area contributed by atoms with Gasteiger partial charge in [0.05, 0.1) is 13.2 Å². The molecule has 0 aliphatic rings. The highest BCUT2D eigenvalue weighted by molar-refractivity contribution is 5.69. The Balaban J connectivity index is 3.27. The summed E-state index contributed by atoms with van der Waals surface area (Å²) in [4.78, 5) is 23.2. The summed E-state index contributed by atoms with van der Waals surface area (Å²) < 4.78 is 10.5. The normalized spacial score (nSPS) is 11.2. The van der Waals surface area contributed by atoms with Gasteiger partial charge < -0.3 is 9.47 Å². The fourth-order valence-corrected chi connectivity index (χ4v) is 3.60. The Morgan fingerprint density at radius 2 is 0.938 bits per heavy atom. The van der Waals surface area contributed by atoms with Crippen LogP contribution in [0.25, 0.3) is 0 Å². The van der Waals surface area contributed by atoms with Crippen LogP contribution in [0.3, 0.4) is 0 Å². The standard InChI is InChI=1S/C28H52O4/c1-3-5-7-21-25-31-27(29)23-19-17-15-13-11-9-10-12-14-16-18-20-24-28(30)32-26-22-8-6-4-2/h15,17H,3-14,16,18-26H2,1-2H3/b17-15+. The van der Waals surface area contributed by atoms with E-state index in [-0.39, 0.29) is 11.9 Å². The number of hydrogen-bond donors (Lipinski definition) is 0. The van der Waals surface area contributed by atoms with Gasteiger partial charge in [0, 0.05) is 12.8 Å². The van der Waals surface area contributed by atoms with Gasteiger partial charge in [0.15, 0.2) is 0 Å². The molecule has 0 N–H and O–H groups in total. The van der Waals surface area contributed by atoms with E-state index in [1.807, 2.05) is 0 Å². The van der Waals surface area contributed by atoms with Crippen LogP contribution in [0, 0.1) is 0 Å². The Kier molecular flexibility index (Phi) is 24.9. The Hall–Kier alpha value is -1.32. The average molecular weight is 453 g/mol. The van der Waals surface area contributed by atoms with Crippen molar-refractivity contribution in [3.63, 3.8) is 0 Å². The quantitative estimate of drug-likeness (QED) is 0.0837. The van der Waals surface area contributed by atoms with Gasteiger partial charge in [0.25, 0.3) is 0 Å². The summed E-state index contributed by atoms with van der Waals surface area (Å²) in [6.07, 6.45) is 26.1. The second-order valence-electron chi connectivity index (χ2n) is 8.94. The summed E-state index contributed by atoms with van der Waals surface area (Å²) in [6.45, 7) is 5.54. The van der Waals surface area contributed by atoms with Crippen LogP contribution in [0.15, 0.2) is 12.2 Å². The lowest BCUT2D eigenvalue weighted by molar-refractivity contribution is -0.144. The number of ether oxygens (including phenoxy) is 2. The summed E-state index contributed by atoms with van der Waals surface area (Å²) in [5.41, 5.74) is 0. The Labute approximate surface area is 198 Å². The molecule has 0 fully saturated rings. The zero-order chi connectivity index (χ0) is 23.5. The third-order valence-corrected chi connectivity index (χ3v) is 5.71. The molecule has 0 aromatic carbocycles. The molecule has 0 atom stereocenters. The lowest BCUT2D eigenvalue weighted by atomic mass is 10.1. The molecule has 0 spiro atoms. The van der Waals surface area contributed by atoms with Gasteiger partial charge in [-0.05, 0) is 38.5 Å². The first kappa shape index (κ1) is 30.7. The Morgan fingerprint density at radius 1 is 0.500 bits per heavy atom. The molecule has 4 nitrogen and oxygen atoms in total. The zero-order valence-electron chi connectivity index (χ0n) is 21.3. The smallest absolute Gasteiger partial charge is 0.306 e. The highest BCUT2D eigenvalue weighted by Crippen LogP contribution is 2.11. The van der Waals surface area contributed by atoms with Gasteiger partial charge in [-0.15, -0.1) is 0 Å². The monoisotopic (exact) mass is 452 g/mol. The molecule has 0 heterocycles. The van der Waals surface area contributed by atoms with E-state index in [9.17, 15) is 9.59 Å². The number of unbranched alkanes of at least 4 members (excludes halogenated alkanes) is 14. The van der Waals surface area contributed by atoms with Crippen LogP contribution >= 0.6 is 0 Å². The molecule has 0 aliphatic heterocycles. The molecule has 0 radical (unpaired) electrons. The van der Waals surface area contributed by atoms with E-state index >= 15 is 0 Å². The Morgan fingerprint density at radius 3 is 1.50 bits per heavy atom. The van der Waals surface area contributed by atoms with E-state index in [4.69, 9.17) is 9.47 Å². The zero-order valence-corrected chi connectivity index (χ0v) is 21.3. The molecular weight excluding hydrogens is 400 g/mol. The third-order valence-electron chi connectivity index (χ3n) is 5.71. The van der Waals surface area contributed by atoms with Gasteiger partial charge in [-0.3, -0.25) is 9.59 Å². The van der Waals surface area contributed by atoms with Crippen molar-refractivity contribution < 1.29 is 19.1 Å². The van der Waals surface area contributed by atoms with Crippen LogP contribution in [-0.2, 0) is 19.1 Å². The molecular formula is C28H52O4. The van der Waals surface area contributed by atoms with Gasteiger partial charge in [-0.1, -0.05) is 103 Å². The van der Waals surface area contributed by atoms with Gasteiger partial charge in [-0.25, -0.2) is 0 Å². The van der Waals surface area contributed by atoms with Crippen LogP contribution in [0.5, 0.6) is 0 Å². The molecule has 0 unspecified atom stereocenters. The van der Waals surface area contributed by atoms with Crippen molar-refractivity contribution in [1.29, 1.82) is 0 Å². The van der Waals surface area contributed by atoms with E-state index < -0.39 is 0 Å². The molecule has 0 bridgehead atoms. The SMILES string of the molecule is CCCCCCOC(=O)CC/C=C/CCCCCCCCCCC(=O)OCCCCCC. The average Bonchev–Trinajstić information content (AvgIpc) is 2.79. The maximum Gasteiger partial charge on any atom is 0.306 e. The van der Waals surface area contributed by atoms with Crippen LogP contribution < -0.4 is 0 Å². The summed E-state index contributed by atoms with van der Waals surface area (Å²) >= 11 is 0. The molecule has 0 saturated heterocycles. The minimum atomic E-state index is -0.0644. The molecule has 0 amide bonds.